The smallest absolute Gasteiger partial charge is 0.379 e. The van der Waals surface area contributed by atoms with Crippen LogP contribution in [-0.2, 0) is 4.74 Å². The molecule has 0 aromatic carbocycles. The number of hydrogen-bond acceptors (Lipinski definition) is 3. The summed E-state index contributed by atoms with van der Waals surface area (Å²) in [5.74, 6) is -0.671. The molecule has 1 saturated heterocycles. The molecule has 0 amide bonds. The average Bonchev–Trinajstić information content (AvgIpc) is 2.46. The molecule has 3 nitrogen and oxygen atoms in total. The van der Waals surface area contributed by atoms with Crippen molar-refractivity contribution in [1.82, 2.24) is 10.2 Å². The second-order valence-electron chi connectivity index (χ2n) is 6.48. The minimum atomic E-state index is -4.00. The first-order valence-electron chi connectivity index (χ1n) is 8.05. The van der Waals surface area contributed by atoms with E-state index in [2.05, 4.69) is 17.1 Å². The van der Waals surface area contributed by atoms with Crippen molar-refractivity contribution in [3.63, 3.8) is 0 Å². The van der Waals surface area contributed by atoms with Crippen LogP contribution < -0.4 is 5.32 Å². The molecule has 0 aromatic heterocycles. The zero-order chi connectivity index (χ0) is 15.3. The number of morpholine rings is 1. The first kappa shape index (κ1) is 17.0. The van der Waals surface area contributed by atoms with Gasteiger partial charge >= 0.3 is 6.18 Å². The van der Waals surface area contributed by atoms with Gasteiger partial charge in [-0.2, -0.15) is 13.2 Å². The minimum absolute atomic E-state index is 0.299. The van der Waals surface area contributed by atoms with E-state index in [4.69, 9.17) is 4.74 Å². The van der Waals surface area contributed by atoms with Gasteiger partial charge in [-0.25, -0.2) is 0 Å². The fourth-order valence-electron chi connectivity index (χ4n) is 3.30. The molecule has 6 heteroatoms. The molecule has 2 aliphatic rings. The normalized spacial score (nSPS) is 30.3. The average molecular weight is 308 g/mol. The maximum atomic E-state index is 12.6. The quantitative estimate of drug-likeness (QED) is 0.845. The third kappa shape index (κ3) is 5.75. The number of halogens is 3. The first-order valence-corrected chi connectivity index (χ1v) is 8.05. The zero-order valence-electron chi connectivity index (χ0n) is 12.8. The molecular weight excluding hydrogens is 281 g/mol. The molecule has 124 valence electrons. The Hall–Kier alpha value is -0.330. The van der Waals surface area contributed by atoms with Crippen molar-refractivity contribution in [2.24, 2.45) is 11.8 Å². The third-order valence-electron chi connectivity index (χ3n) is 4.70. The molecule has 21 heavy (non-hydrogen) atoms. The summed E-state index contributed by atoms with van der Waals surface area (Å²) in [6.45, 7) is 7.53. The van der Waals surface area contributed by atoms with Crippen LogP contribution in [0.15, 0.2) is 0 Å². The van der Waals surface area contributed by atoms with Crippen LogP contribution in [0.1, 0.15) is 32.6 Å². The molecule has 0 aromatic rings. The number of rotatable bonds is 5. The Morgan fingerprint density at radius 2 is 1.76 bits per heavy atom. The zero-order valence-corrected chi connectivity index (χ0v) is 12.8. The highest BCUT2D eigenvalue weighted by Gasteiger charge is 2.41. The van der Waals surface area contributed by atoms with E-state index < -0.39 is 12.1 Å². The largest absolute Gasteiger partial charge is 0.391 e. The van der Waals surface area contributed by atoms with Crippen molar-refractivity contribution in [3.8, 4) is 0 Å². The van der Waals surface area contributed by atoms with E-state index in [9.17, 15) is 13.2 Å². The van der Waals surface area contributed by atoms with Crippen molar-refractivity contribution in [2.45, 2.75) is 44.8 Å². The predicted octanol–water partition coefficient (Wildman–Crippen LogP) is 2.67. The van der Waals surface area contributed by atoms with Crippen LogP contribution >= 0.6 is 0 Å². The highest BCUT2D eigenvalue weighted by molar-refractivity contribution is 4.79. The van der Waals surface area contributed by atoms with Crippen LogP contribution in [0.2, 0.25) is 0 Å². The lowest BCUT2D eigenvalue weighted by Crippen LogP contribution is -2.45. The monoisotopic (exact) mass is 308 g/mol. The van der Waals surface area contributed by atoms with Crippen LogP contribution in [0.5, 0.6) is 0 Å². The summed E-state index contributed by atoms with van der Waals surface area (Å²) in [4.78, 5) is 2.38. The van der Waals surface area contributed by atoms with Crippen LogP contribution in [0.25, 0.3) is 0 Å². The lowest BCUT2D eigenvalue weighted by Gasteiger charge is -2.32. The topological polar surface area (TPSA) is 24.5 Å². The molecule has 1 aliphatic heterocycles. The molecule has 1 saturated carbocycles. The Bertz CT molecular complexity index is 298. The van der Waals surface area contributed by atoms with Gasteiger partial charge in [0.25, 0.3) is 0 Å². The molecule has 0 radical (unpaired) electrons. The Labute approximate surface area is 125 Å². The van der Waals surface area contributed by atoms with Crippen molar-refractivity contribution in [2.75, 3.05) is 39.4 Å². The van der Waals surface area contributed by atoms with E-state index in [1.165, 1.54) is 0 Å². The van der Waals surface area contributed by atoms with Gasteiger partial charge in [0.2, 0.25) is 0 Å². The number of nitrogens with one attached hydrogen (secondary N) is 1. The summed E-state index contributed by atoms with van der Waals surface area (Å²) in [6, 6.07) is 0.378. The first-order chi connectivity index (χ1) is 9.95. The van der Waals surface area contributed by atoms with Crippen molar-refractivity contribution in [1.29, 1.82) is 0 Å². The molecule has 1 unspecified atom stereocenters. The highest BCUT2D eigenvalue weighted by Crippen LogP contribution is 2.39. The lowest BCUT2D eigenvalue weighted by atomic mass is 9.81. The summed E-state index contributed by atoms with van der Waals surface area (Å²) in [5.41, 5.74) is 0. The maximum absolute atomic E-state index is 12.6. The van der Waals surface area contributed by atoms with E-state index in [0.29, 0.717) is 37.6 Å². The Morgan fingerprint density at radius 1 is 1.14 bits per heavy atom. The number of nitrogens with zero attached hydrogens (tertiary/aromatic N) is 1. The van der Waals surface area contributed by atoms with Crippen LogP contribution in [-0.4, -0.2) is 56.5 Å². The number of alkyl halides is 3. The molecular formula is C15H27F3N2O. The Morgan fingerprint density at radius 3 is 2.33 bits per heavy atom. The molecule has 1 heterocycles. The summed E-state index contributed by atoms with van der Waals surface area (Å²) in [6.07, 6.45) is -2.01. The second-order valence-corrected chi connectivity index (χ2v) is 6.48. The van der Waals surface area contributed by atoms with Gasteiger partial charge in [-0.15, -0.1) is 0 Å². The molecule has 1 atom stereocenters. The SMILES string of the molecule is CC(CN1CCOCC1)NCC1CCC(C(F)(F)F)CC1. The van der Waals surface area contributed by atoms with Crippen LogP contribution in [0.4, 0.5) is 13.2 Å². The van der Waals surface area contributed by atoms with Gasteiger partial charge in [0.05, 0.1) is 19.1 Å². The molecule has 2 fully saturated rings. The van der Waals surface area contributed by atoms with Gasteiger partial charge in [-0.05, 0) is 45.1 Å². The van der Waals surface area contributed by atoms with Crippen LogP contribution in [0.3, 0.4) is 0 Å². The van der Waals surface area contributed by atoms with E-state index in [1.807, 2.05) is 0 Å². The summed E-state index contributed by atoms with van der Waals surface area (Å²) >= 11 is 0. The molecule has 2 rings (SSSR count). The fraction of sp³-hybridized carbons (Fsp3) is 1.00. The van der Waals surface area contributed by atoms with E-state index >= 15 is 0 Å². The molecule has 0 spiro atoms. The summed E-state index contributed by atoms with van der Waals surface area (Å²) in [7, 11) is 0. The molecule has 1 N–H and O–H groups in total. The van der Waals surface area contributed by atoms with E-state index in [0.717, 1.165) is 39.4 Å². The maximum Gasteiger partial charge on any atom is 0.391 e. The third-order valence-corrected chi connectivity index (χ3v) is 4.70. The van der Waals surface area contributed by atoms with Crippen LogP contribution in [0, 0.1) is 11.8 Å². The summed E-state index contributed by atoms with van der Waals surface area (Å²) in [5, 5.41) is 3.49. The minimum Gasteiger partial charge on any atom is -0.379 e. The van der Waals surface area contributed by atoms with Gasteiger partial charge < -0.3 is 10.1 Å². The number of hydrogen-bond donors (Lipinski definition) is 1. The van der Waals surface area contributed by atoms with Crippen molar-refractivity contribution >= 4 is 0 Å². The highest BCUT2D eigenvalue weighted by atomic mass is 19.4. The Balaban J connectivity index is 1.60. The van der Waals surface area contributed by atoms with Gasteiger partial charge in [-0.3, -0.25) is 4.90 Å². The van der Waals surface area contributed by atoms with Crippen molar-refractivity contribution < 1.29 is 17.9 Å². The van der Waals surface area contributed by atoms with E-state index in [1.54, 1.807) is 0 Å². The molecule has 1 aliphatic carbocycles. The lowest BCUT2D eigenvalue weighted by molar-refractivity contribution is -0.183. The van der Waals surface area contributed by atoms with Gasteiger partial charge in [0.1, 0.15) is 0 Å². The van der Waals surface area contributed by atoms with Gasteiger partial charge in [-0.1, -0.05) is 0 Å². The standard InChI is InChI=1S/C15H27F3N2O/c1-12(11-20-6-8-21-9-7-20)19-10-13-2-4-14(5-3-13)15(16,17)18/h12-14,19H,2-11H2,1H3. The predicted molar refractivity (Wildman–Crippen MR) is 76.2 cm³/mol. The van der Waals surface area contributed by atoms with Crippen molar-refractivity contribution in [3.05, 3.63) is 0 Å². The summed E-state index contributed by atoms with van der Waals surface area (Å²) < 4.78 is 43.2. The molecule has 0 bridgehead atoms. The van der Waals surface area contributed by atoms with Gasteiger partial charge in [0, 0.05) is 25.7 Å². The number of ether oxygens (including phenoxy) is 1. The second kappa shape index (κ2) is 7.79. The Kier molecular flexibility index (Phi) is 6.32. The van der Waals surface area contributed by atoms with E-state index in [-0.39, 0.29) is 0 Å². The van der Waals surface area contributed by atoms with Gasteiger partial charge in [0.15, 0.2) is 0 Å². The fourth-order valence-corrected chi connectivity index (χ4v) is 3.30.